The number of hydrogen-bond donors (Lipinski definition) is 0. The molecule has 9 rings (SSSR count). The minimum absolute atomic E-state index is 0.321. The molecule has 2 aromatic heterocycles. The van der Waals surface area contributed by atoms with Gasteiger partial charge in [-0.05, 0) is 103 Å². The van der Waals surface area contributed by atoms with Crippen LogP contribution in [0.25, 0.3) is 44.3 Å². The van der Waals surface area contributed by atoms with Gasteiger partial charge in [0.15, 0.2) is 0 Å². The molecule has 0 N–H and O–H groups in total. The van der Waals surface area contributed by atoms with E-state index in [-0.39, 0.29) is 11.6 Å². The van der Waals surface area contributed by atoms with Gasteiger partial charge in [-0.25, -0.2) is 18.0 Å². The lowest BCUT2D eigenvalue weighted by Crippen LogP contribution is -2.41. The SMILES string of the molecule is CCCCCCCCCCC1(CCCCCCCCCC)c2cc(B3OC(C)(C)C(C)(C)O3)c3nonc3c2-c2c(F)c3c(c(F)c21)-c1c(cc(B2OC(C)(C)C(C)(C)O2)c2nonc12)C3(CCCCCCCCCC)CCCCCCCCCC. The van der Waals surface area contributed by atoms with E-state index in [1.807, 2.05) is 0 Å². The Balaban J connectivity index is 1.28. The van der Waals surface area contributed by atoms with Crippen molar-refractivity contribution in [2.75, 3.05) is 0 Å². The smallest absolute Gasteiger partial charge is 0.399 e. The molecule has 2 saturated heterocycles. The molecule has 2 aliphatic heterocycles. The standard InChI is InChI=1S/C72H110B2F2N4O6/c1-13-17-21-25-29-33-37-41-45-71(46-42-38-34-30-26-22-18-14-2)51-49-53(73-81-67(5,6)68(7,8)82-73)63-65(79-85-77-63)55(51)57-59(71)61(75)58-56-52(50-54(64-66(56)80-86-78-64)74-83-69(9,10)70(11,12)84-74)72(60(58)62(57)76,47-43-39-35-31-27-23-19-15-3)48-44-40-36-32-28-24-20-16-4/h49-50H,13-48H2,1-12H3. The average Bonchev–Trinajstić information content (AvgIpc) is 1.51. The molecule has 0 atom stereocenters. The minimum atomic E-state index is -0.939. The molecule has 474 valence electrons. The predicted molar refractivity (Wildman–Crippen MR) is 350 cm³/mol. The van der Waals surface area contributed by atoms with Crippen molar-refractivity contribution in [1.82, 2.24) is 20.6 Å². The average molecular weight is 1190 g/mol. The van der Waals surface area contributed by atoms with Crippen molar-refractivity contribution >= 4 is 47.2 Å². The lowest BCUT2D eigenvalue weighted by atomic mass is 9.66. The highest BCUT2D eigenvalue weighted by Gasteiger charge is 2.59. The Morgan fingerprint density at radius 2 is 0.558 bits per heavy atom. The van der Waals surface area contributed by atoms with Crippen LogP contribution in [0.4, 0.5) is 8.78 Å². The Bertz CT molecular complexity index is 2750. The normalized spacial score (nSPS) is 18.3. The summed E-state index contributed by atoms with van der Waals surface area (Å²) in [5, 5.41) is 18.8. The Labute approximate surface area is 517 Å². The lowest BCUT2D eigenvalue weighted by molar-refractivity contribution is 0.00578. The number of fused-ring (bicyclic) bond motifs is 10. The van der Waals surface area contributed by atoms with Crippen LogP contribution in [-0.2, 0) is 29.4 Å². The first-order valence-corrected chi connectivity index (χ1v) is 35.2. The third-order valence-corrected chi connectivity index (χ3v) is 21.8. The first-order valence-electron chi connectivity index (χ1n) is 35.2. The second-order valence-electron chi connectivity index (χ2n) is 29.1. The van der Waals surface area contributed by atoms with Crippen molar-refractivity contribution in [3.63, 3.8) is 0 Å². The van der Waals surface area contributed by atoms with E-state index in [9.17, 15) is 0 Å². The van der Waals surface area contributed by atoms with Gasteiger partial charge in [-0.1, -0.05) is 256 Å². The summed E-state index contributed by atoms with van der Waals surface area (Å²) in [5.74, 6) is -0.729. The van der Waals surface area contributed by atoms with Crippen molar-refractivity contribution in [3.05, 3.63) is 46.0 Å². The van der Waals surface area contributed by atoms with Gasteiger partial charge in [0.05, 0.1) is 22.4 Å². The van der Waals surface area contributed by atoms with Crippen molar-refractivity contribution in [2.24, 2.45) is 0 Å². The molecule has 2 fully saturated rings. The van der Waals surface area contributed by atoms with E-state index in [2.05, 4.69) is 106 Å². The zero-order chi connectivity index (χ0) is 61.3. The number of rotatable bonds is 38. The van der Waals surface area contributed by atoms with E-state index in [1.165, 1.54) is 103 Å². The molecular formula is C72H110B2F2N4O6. The van der Waals surface area contributed by atoms with Crippen LogP contribution in [0.5, 0.6) is 0 Å². The van der Waals surface area contributed by atoms with Gasteiger partial charge in [-0.2, -0.15) is 0 Å². The Kier molecular flexibility index (Phi) is 22.5. The highest BCUT2D eigenvalue weighted by Crippen LogP contribution is 2.65. The largest absolute Gasteiger partial charge is 0.497 e. The quantitative estimate of drug-likeness (QED) is 0.0279. The van der Waals surface area contributed by atoms with Crippen LogP contribution in [0.15, 0.2) is 21.4 Å². The summed E-state index contributed by atoms with van der Waals surface area (Å²) in [5.41, 5.74) is 3.13. The van der Waals surface area contributed by atoms with E-state index in [0.29, 0.717) is 92.1 Å². The van der Waals surface area contributed by atoms with Gasteiger partial charge in [0.2, 0.25) is 0 Å². The third kappa shape index (κ3) is 13.4. The summed E-state index contributed by atoms with van der Waals surface area (Å²) in [6.45, 7) is 25.5. The minimum Gasteiger partial charge on any atom is -0.399 e. The fraction of sp³-hybridized carbons (Fsp3) is 0.750. The van der Waals surface area contributed by atoms with Gasteiger partial charge in [-0.15, -0.1) is 0 Å². The van der Waals surface area contributed by atoms with Gasteiger partial charge < -0.3 is 18.6 Å². The van der Waals surface area contributed by atoms with Gasteiger partial charge in [0.25, 0.3) is 0 Å². The molecule has 4 heterocycles. The number of hydrogen-bond acceptors (Lipinski definition) is 10. The van der Waals surface area contributed by atoms with Crippen molar-refractivity contribution in [3.8, 4) is 22.3 Å². The molecule has 0 spiro atoms. The van der Waals surface area contributed by atoms with E-state index < -0.39 is 47.5 Å². The maximum atomic E-state index is 20.4. The monoisotopic (exact) mass is 1190 g/mol. The first-order chi connectivity index (χ1) is 41.4. The van der Waals surface area contributed by atoms with E-state index in [0.717, 1.165) is 114 Å². The first kappa shape index (κ1) is 66.7. The van der Waals surface area contributed by atoms with Gasteiger partial charge in [-0.3, -0.25) is 0 Å². The molecule has 2 aliphatic carbocycles. The van der Waals surface area contributed by atoms with Gasteiger partial charge >= 0.3 is 14.2 Å². The maximum absolute atomic E-state index is 20.4. The molecule has 3 aromatic carbocycles. The molecule has 86 heavy (non-hydrogen) atoms. The lowest BCUT2D eigenvalue weighted by Gasteiger charge is -2.35. The summed E-state index contributed by atoms with van der Waals surface area (Å²) in [6.07, 6.45) is 38.7. The fourth-order valence-corrected chi connectivity index (χ4v) is 15.3. The number of nitrogens with zero attached hydrogens (tertiary/aromatic N) is 4. The van der Waals surface area contributed by atoms with Gasteiger partial charge in [0, 0.05) is 55.1 Å². The molecule has 5 aromatic rings. The predicted octanol–water partition coefficient (Wildman–Crippen LogP) is 20.3. The van der Waals surface area contributed by atoms with Crippen LogP contribution in [0.2, 0.25) is 0 Å². The van der Waals surface area contributed by atoms with E-state index in [4.69, 9.17) is 38.2 Å². The summed E-state index contributed by atoms with van der Waals surface area (Å²) < 4.78 is 79.8. The molecular weight excluding hydrogens is 1080 g/mol. The van der Waals surface area contributed by atoms with Crippen LogP contribution in [0.1, 0.15) is 336 Å². The van der Waals surface area contributed by atoms with E-state index in [1.54, 1.807) is 0 Å². The van der Waals surface area contributed by atoms with Crippen molar-refractivity contribution in [2.45, 2.75) is 347 Å². The summed E-state index contributed by atoms with van der Waals surface area (Å²) in [7, 11) is -1.62. The number of unbranched alkanes of at least 4 members (excludes halogenated alkanes) is 28. The molecule has 0 amide bonds. The molecule has 10 nitrogen and oxygen atoms in total. The van der Waals surface area contributed by atoms with E-state index >= 15 is 8.78 Å². The molecule has 14 heteroatoms. The molecule has 4 aliphatic rings. The number of benzene rings is 3. The Hall–Kier alpha value is -3.71. The highest BCUT2D eigenvalue weighted by molar-refractivity contribution is 6.65. The second-order valence-corrected chi connectivity index (χ2v) is 29.1. The Morgan fingerprint density at radius 3 is 0.814 bits per heavy atom. The summed E-state index contributed by atoms with van der Waals surface area (Å²) >= 11 is 0. The zero-order valence-corrected chi connectivity index (χ0v) is 55.8. The second kappa shape index (κ2) is 29.1. The van der Waals surface area contributed by atoms with Crippen molar-refractivity contribution in [1.29, 1.82) is 0 Å². The summed E-state index contributed by atoms with van der Waals surface area (Å²) in [6, 6.07) is 4.31. The molecule has 0 unspecified atom stereocenters. The zero-order valence-electron chi connectivity index (χ0n) is 55.8. The summed E-state index contributed by atoms with van der Waals surface area (Å²) in [4.78, 5) is 0. The highest BCUT2D eigenvalue weighted by atomic mass is 19.1. The van der Waals surface area contributed by atoms with Gasteiger partial charge in [0.1, 0.15) is 33.7 Å². The fourth-order valence-electron chi connectivity index (χ4n) is 15.3. The van der Waals surface area contributed by atoms with Crippen molar-refractivity contribution < 1.29 is 36.7 Å². The van der Waals surface area contributed by atoms with Crippen LogP contribution >= 0.6 is 0 Å². The third-order valence-electron chi connectivity index (χ3n) is 21.8. The number of aromatic nitrogens is 4. The van der Waals surface area contributed by atoms with Crippen LogP contribution in [0, 0.1) is 11.6 Å². The molecule has 0 saturated carbocycles. The Morgan fingerprint density at radius 1 is 0.326 bits per heavy atom. The van der Waals surface area contributed by atoms with Crippen LogP contribution < -0.4 is 10.9 Å². The van der Waals surface area contributed by atoms with Crippen LogP contribution in [0.3, 0.4) is 0 Å². The topological polar surface area (TPSA) is 115 Å². The molecule has 0 radical (unpaired) electrons. The maximum Gasteiger partial charge on any atom is 0.497 e. The number of halogens is 2. The van der Waals surface area contributed by atoms with Crippen LogP contribution in [-0.4, -0.2) is 57.3 Å². The molecule has 0 bridgehead atoms.